The van der Waals surface area contributed by atoms with Gasteiger partial charge in [0.05, 0.1) is 19.1 Å². The Kier molecular flexibility index (Phi) is 9.49. The van der Waals surface area contributed by atoms with Crippen LogP contribution in [0.5, 0.6) is 5.75 Å². The van der Waals surface area contributed by atoms with Crippen LogP contribution in [-0.2, 0) is 26.2 Å². The van der Waals surface area contributed by atoms with Crippen LogP contribution in [-0.4, -0.2) is 57.6 Å². The van der Waals surface area contributed by atoms with Gasteiger partial charge in [0.1, 0.15) is 18.3 Å². The zero-order chi connectivity index (χ0) is 25.5. The summed E-state index contributed by atoms with van der Waals surface area (Å²) in [5, 5.41) is 2.78. The van der Waals surface area contributed by atoms with Gasteiger partial charge in [-0.3, -0.25) is 13.9 Å². The lowest BCUT2D eigenvalue weighted by Crippen LogP contribution is -2.52. The zero-order valence-corrected chi connectivity index (χ0v) is 21.6. The number of anilines is 1. The number of carbonyl (C=O) groups is 2. The van der Waals surface area contributed by atoms with Gasteiger partial charge in [0, 0.05) is 13.1 Å². The molecule has 1 unspecified atom stereocenters. The molecule has 186 valence electrons. The number of nitrogens with zero attached hydrogens (tertiary/aromatic N) is 2. The van der Waals surface area contributed by atoms with Gasteiger partial charge in [-0.25, -0.2) is 8.42 Å². The topological polar surface area (TPSA) is 96.0 Å². The summed E-state index contributed by atoms with van der Waals surface area (Å²) >= 11 is 0. The van der Waals surface area contributed by atoms with Crippen molar-refractivity contribution >= 4 is 27.5 Å². The van der Waals surface area contributed by atoms with E-state index in [4.69, 9.17) is 4.74 Å². The molecule has 0 aromatic heterocycles. The quantitative estimate of drug-likeness (QED) is 0.523. The number of rotatable bonds is 11. The molecule has 2 aromatic rings. The molecule has 0 saturated heterocycles. The summed E-state index contributed by atoms with van der Waals surface area (Å²) in [5.41, 5.74) is 2.83. The predicted octanol–water partition coefficient (Wildman–Crippen LogP) is 3.02. The Bertz CT molecular complexity index is 1120. The van der Waals surface area contributed by atoms with Crippen molar-refractivity contribution in [1.82, 2.24) is 10.2 Å². The lowest BCUT2D eigenvalue weighted by atomic mass is 10.1. The van der Waals surface area contributed by atoms with Crippen molar-refractivity contribution in [2.75, 3.05) is 30.8 Å². The lowest BCUT2D eigenvalue weighted by molar-refractivity contribution is -0.140. The van der Waals surface area contributed by atoms with Gasteiger partial charge in [0.2, 0.25) is 21.8 Å². The number of amides is 2. The molecule has 1 atom stereocenters. The summed E-state index contributed by atoms with van der Waals surface area (Å²) in [5.74, 6) is -0.116. The fourth-order valence-electron chi connectivity index (χ4n) is 3.76. The summed E-state index contributed by atoms with van der Waals surface area (Å²) in [7, 11) is -2.21. The minimum absolute atomic E-state index is 0.135. The monoisotopic (exact) mass is 489 g/mol. The van der Waals surface area contributed by atoms with Crippen molar-refractivity contribution in [3.8, 4) is 5.75 Å². The van der Waals surface area contributed by atoms with Gasteiger partial charge in [-0.2, -0.15) is 0 Å². The molecule has 2 aromatic carbocycles. The molecule has 0 fully saturated rings. The number of benzene rings is 2. The van der Waals surface area contributed by atoms with Crippen LogP contribution in [0.25, 0.3) is 0 Å². The van der Waals surface area contributed by atoms with Crippen LogP contribution in [0.2, 0.25) is 0 Å². The van der Waals surface area contributed by atoms with E-state index in [1.54, 1.807) is 32.2 Å². The second kappa shape index (κ2) is 11.9. The minimum Gasteiger partial charge on any atom is -0.497 e. The maximum atomic E-state index is 13.6. The van der Waals surface area contributed by atoms with Crippen LogP contribution in [0.1, 0.15) is 37.0 Å². The fourth-order valence-corrected chi connectivity index (χ4v) is 4.66. The number of aryl methyl sites for hydroxylation is 2. The molecule has 0 aliphatic rings. The molecule has 0 spiro atoms. The number of hydrogen-bond donors (Lipinski definition) is 1. The van der Waals surface area contributed by atoms with E-state index in [0.717, 1.165) is 27.3 Å². The Morgan fingerprint density at radius 2 is 1.79 bits per heavy atom. The van der Waals surface area contributed by atoms with E-state index >= 15 is 0 Å². The summed E-state index contributed by atoms with van der Waals surface area (Å²) in [4.78, 5) is 27.9. The molecule has 9 heteroatoms. The summed E-state index contributed by atoms with van der Waals surface area (Å²) in [6.07, 6.45) is 1.46. The number of ether oxygens (including phenoxy) is 1. The lowest BCUT2D eigenvalue weighted by Gasteiger charge is -2.33. The van der Waals surface area contributed by atoms with Crippen molar-refractivity contribution < 1.29 is 22.7 Å². The highest BCUT2D eigenvalue weighted by Gasteiger charge is 2.32. The van der Waals surface area contributed by atoms with Crippen molar-refractivity contribution in [1.29, 1.82) is 0 Å². The molecule has 2 rings (SSSR count). The zero-order valence-electron chi connectivity index (χ0n) is 20.8. The van der Waals surface area contributed by atoms with Crippen LogP contribution >= 0.6 is 0 Å². The number of hydrogen-bond acceptors (Lipinski definition) is 5. The average Bonchev–Trinajstić information content (AvgIpc) is 2.78. The van der Waals surface area contributed by atoms with Crippen molar-refractivity contribution in [3.05, 3.63) is 59.2 Å². The molecule has 1 N–H and O–H groups in total. The van der Waals surface area contributed by atoms with Crippen molar-refractivity contribution in [2.45, 2.75) is 46.7 Å². The van der Waals surface area contributed by atoms with Gasteiger partial charge in [-0.1, -0.05) is 31.2 Å². The third kappa shape index (κ3) is 6.96. The number of likely N-dealkylation sites (N-methyl/N-ethyl adjacent to an activating group) is 1. The van der Waals surface area contributed by atoms with Gasteiger partial charge < -0.3 is 15.0 Å². The Hall–Kier alpha value is -3.07. The summed E-state index contributed by atoms with van der Waals surface area (Å²) in [6, 6.07) is 11.9. The smallest absolute Gasteiger partial charge is 0.244 e. The Labute approximate surface area is 202 Å². The fraction of sp³-hybridized carbons (Fsp3) is 0.440. The standard InChI is InChI=1S/C25H35N3O5S/c1-7-22(25(30)26-8-2)27(16-20-10-9-11-21(15-20)33-5)24(29)17-28(34(6,31)32)23-14-18(3)12-13-19(23)4/h9-15,22H,7-8,16-17H2,1-6H3,(H,26,30). The van der Waals surface area contributed by atoms with E-state index in [1.807, 2.05) is 45.0 Å². The van der Waals surface area contributed by atoms with Crippen molar-refractivity contribution in [3.63, 3.8) is 0 Å². The number of methoxy groups -OCH3 is 1. The molecule has 0 aliphatic carbocycles. The Morgan fingerprint density at radius 1 is 1.09 bits per heavy atom. The SMILES string of the molecule is CCNC(=O)C(CC)N(Cc1cccc(OC)c1)C(=O)CN(c1cc(C)ccc1C)S(C)(=O)=O. The van der Waals surface area contributed by atoms with Gasteiger partial charge in [-0.05, 0) is 62.1 Å². The first-order valence-corrected chi connectivity index (χ1v) is 13.1. The van der Waals surface area contributed by atoms with E-state index in [-0.39, 0.29) is 12.5 Å². The molecular weight excluding hydrogens is 454 g/mol. The van der Waals surface area contributed by atoms with E-state index in [2.05, 4.69) is 5.32 Å². The van der Waals surface area contributed by atoms with E-state index in [0.29, 0.717) is 24.4 Å². The maximum Gasteiger partial charge on any atom is 0.244 e. The molecular formula is C25H35N3O5S. The second-order valence-electron chi connectivity index (χ2n) is 8.25. The molecule has 34 heavy (non-hydrogen) atoms. The highest BCUT2D eigenvalue weighted by atomic mass is 32.2. The molecule has 2 amide bonds. The van der Waals surface area contributed by atoms with E-state index in [1.165, 1.54) is 4.90 Å². The van der Waals surface area contributed by atoms with Gasteiger partial charge in [0.25, 0.3) is 0 Å². The van der Waals surface area contributed by atoms with Crippen molar-refractivity contribution in [2.24, 2.45) is 0 Å². The van der Waals surface area contributed by atoms with Crippen LogP contribution in [0.15, 0.2) is 42.5 Å². The predicted molar refractivity (Wildman–Crippen MR) is 134 cm³/mol. The van der Waals surface area contributed by atoms with Gasteiger partial charge in [0.15, 0.2) is 0 Å². The first kappa shape index (κ1) is 27.2. The first-order chi connectivity index (χ1) is 16.0. The summed E-state index contributed by atoms with van der Waals surface area (Å²) in [6.45, 7) is 7.45. The average molecular weight is 490 g/mol. The number of carbonyl (C=O) groups excluding carboxylic acids is 2. The molecule has 0 heterocycles. The third-order valence-corrected chi connectivity index (χ3v) is 6.66. The minimum atomic E-state index is -3.77. The largest absolute Gasteiger partial charge is 0.497 e. The van der Waals surface area contributed by atoms with Crippen LogP contribution in [0, 0.1) is 13.8 Å². The van der Waals surface area contributed by atoms with Gasteiger partial charge in [-0.15, -0.1) is 0 Å². The Balaban J connectivity index is 2.49. The second-order valence-corrected chi connectivity index (χ2v) is 10.2. The van der Waals surface area contributed by atoms with Gasteiger partial charge >= 0.3 is 0 Å². The van der Waals surface area contributed by atoms with Crippen LogP contribution in [0.4, 0.5) is 5.69 Å². The van der Waals surface area contributed by atoms with E-state index in [9.17, 15) is 18.0 Å². The number of sulfonamides is 1. The van der Waals surface area contributed by atoms with Crippen LogP contribution in [0.3, 0.4) is 0 Å². The first-order valence-electron chi connectivity index (χ1n) is 11.3. The molecule has 0 saturated carbocycles. The molecule has 0 aliphatic heterocycles. The third-order valence-electron chi connectivity index (χ3n) is 5.54. The molecule has 0 radical (unpaired) electrons. The maximum absolute atomic E-state index is 13.6. The molecule has 0 bridgehead atoms. The normalized spacial score (nSPS) is 12.1. The molecule has 8 nitrogen and oxygen atoms in total. The number of nitrogens with one attached hydrogen (secondary N) is 1. The van der Waals surface area contributed by atoms with Crippen LogP contribution < -0.4 is 14.4 Å². The Morgan fingerprint density at radius 3 is 2.38 bits per heavy atom. The van der Waals surface area contributed by atoms with E-state index < -0.39 is 28.5 Å². The summed E-state index contributed by atoms with van der Waals surface area (Å²) < 4.78 is 31.9. The highest BCUT2D eigenvalue weighted by molar-refractivity contribution is 7.92. The highest BCUT2D eigenvalue weighted by Crippen LogP contribution is 2.25.